The van der Waals surface area contributed by atoms with E-state index in [1.165, 1.54) is 7.11 Å². The van der Waals surface area contributed by atoms with E-state index < -0.39 is 0 Å². The van der Waals surface area contributed by atoms with E-state index in [9.17, 15) is 9.59 Å². The number of aryl methyl sites for hydroxylation is 1. The highest BCUT2D eigenvalue weighted by molar-refractivity contribution is 5.91. The third kappa shape index (κ3) is 4.51. The molecule has 1 saturated heterocycles. The number of nitrogens with one attached hydrogen (secondary N) is 1. The molecule has 0 aromatic heterocycles. The monoisotopic (exact) mass is 382 g/mol. The van der Waals surface area contributed by atoms with Crippen LogP contribution in [0.2, 0.25) is 0 Å². The van der Waals surface area contributed by atoms with Gasteiger partial charge in [0, 0.05) is 19.6 Å². The molecule has 1 aliphatic rings. The lowest BCUT2D eigenvalue weighted by molar-refractivity contribution is 0.0598. The standard InChI is InChI=1S/C22H26N2O4/c1-3-17-13-18(9-10-19(17)21(25)27-2)20-14-23-11-12-24(20)22(26)28-15-16-7-5-4-6-8-16/h4-10,13,20,23H,3,11-12,14-15H2,1-2H3. The van der Waals surface area contributed by atoms with Crippen molar-refractivity contribution in [2.75, 3.05) is 26.7 Å². The summed E-state index contributed by atoms with van der Waals surface area (Å²) in [5, 5.41) is 3.34. The molecular formula is C22H26N2O4. The molecule has 0 bridgehead atoms. The number of carbonyl (C=O) groups excluding carboxylic acids is 2. The summed E-state index contributed by atoms with van der Waals surface area (Å²) in [5.74, 6) is -0.343. The van der Waals surface area contributed by atoms with Crippen molar-refractivity contribution in [1.29, 1.82) is 0 Å². The lowest BCUT2D eigenvalue weighted by atomic mass is 9.96. The number of amides is 1. The Kier molecular flexibility index (Phi) is 6.66. The largest absolute Gasteiger partial charge is 0.465 e. The van der Waals surface area contributed by atoms with Gasteiger partial charge in [0.2, 0.25) is 0 Å². The smallest absolute Gasteiger partial charge is 0.410 e. The van der Waals surface area contributed by atoms with Gasteiger partial charge in [-0.1, -0.05) is 49.4 Å². The molecule has 1 atom stereocenters. The van der Waals surface area contributed by atoms with Crippen LogP contribution in [0.3, 0.4) is 0 Å². The van der Waals surface area contributed by atoms with E-state index in [2.05, 4.69) is 5.32 Å². The summed E-state index contributed by atoms with van der Waals surface area (Å²) in [6, 6.07) is 15.2. The average Bonchev–Trinajstić information content (AvgIpc) is 2.77. The molecule has 1 aliphatic heterocycles. The van der Waals surface area contributed by atoms with Gasteiger partial charge in [0.05, 0.1) is 18.7 Å². The molecule has 1 fully saturated rings. The number of nitrogens with zero attached hydrogens (tertiary/aromatic N) is 1. The number of hydrogen-bond acceptors (Lipinski definition) is 5. The lowest BCUT2D eigenvalue weighted by Gasteiger charge is -2.36. The molecule has 1 N–H and O–H groups in total. The van der Waals surface area contributed by atoms with Crippen LogP contribution >= 0.6 is 0 Å². The van der Waals surface area contributed by atoms with Crippen LogP contribution in [-0.2, 0) is 22.5 Å². The first-order chi connectivity index (χ1) is 13.6. The summed E-state index contributed by atoms with van der Waals surface area (Å²) in [6.07, 6.45) is 0.377. The van der Waals surface area contributed by atoms with Gasteiger partial charge < -0.3 is 14.8 Å². The maximum atomic E-state index is 12.7. The third-order valence-electron chi connectivity index (χ3n) is 4.98. The molecule has 28 heavy (non-hydrogen) atoms. The molecule has 148 valence electrons. The summed E-state index contributed by atoms with van der Waals surface area (Å²) >= 11 is 0. The molecule has 0 saturated carbocycles. The van der Waals surface area contributed by atoms with Crippen LogP contribution in [0.15, 0.2) is 48.5 Å². The Hall–Kier alpha value is -2.86. The van der Waals surface area contributed by atoms with Gasteiger partial charge in [0.1, 0.15) is 6.61 Å². The second-order valence-electron chi connectivity index (χ2n) is 6.72. The summed E-state index contributed by atoms with van der Waals surface area (Å²) < 4.78 is 10.4. The fourth-order valence-corrected chi connectivity index (χ4v) is 3.45. The highest BCUT2D eigenvalue weighted by Crippen LogP contribution is 2.26. The first kappa shape index (κ1) is 19.9. The van der Waals surface area contributed by atoms with Crippen LogP contribution < -0.4 is 5.32 Å². The third-order valence-corrected chi connectivity index (χ3v) is 4.98. The zero-order chi connectivity index (χ0) is 19.9. The molecule has 0 spiro atoms. The minimum atomic E-state index is -0.343. The summed E-state index contributed by atoms with van der Waals surface area (Å²) in [6.45, 7) is 4.17. The van der Waals surface area contributed by atoms with Crippen molar-refractivity contribution in [3.63, 3.8) is 0 Å². The zero-order valence-corrected chi connectivity index (χ0v) is 16.3. The first-order valence-electron chi connectivity index (χ1n) is 9.53. The quantitative estimate of drug-likeness (QED) is 0.804. The van der Waals surface area contributed by atoms with E-state index in [1.54, 1.807) is 11.0 Å². The predicted octanol–water partition coefficient (Wildman–Crippen LogP) is 3.32. The van der Waals surface area contributed by atoms with Gasteiger partial charge in [-0.05, 0) is 29.2 Å². The minimum absolute atomic E-state index is 0.144. The van der Waals surface area contributed by atoms with E-state index in [4.69, 9.17) is 9.47 Å². The predicted molar refractivity (Wildman–Crippen MR) is 106 cm³/mol. The number of carbonyl (C=O) groups is 2. The van der Waals surface area contributed by atoms with Gasteiger partial charge in [-0.25, -0.2) is 9.59 Å². The second-order valence-corrected chi connectivity index (χ2v) is 6.72. The Morgan fingerprint density at radius 2 is 1.96 bits per heavy atom. The van der Waals surface area contributed by atoms with Crippen LogP contribution in [0, 0.1) is 0 Å². The van der Waals surface area contributed by atoms with E-state index in [0.717, 1.165) is 23.2 Å². The fraction of sp³-hybridized carbons (Fsp3) is 0.364. The molecule has 6 nitrogen and oxygen atoms in total. The molecule has 0 aliphatic carbocycles. The molecule has 2 aromatic carbocycles. The van der Waals surface area contributed by atoms with Gasteiger partial charge >= 0.3 is 12.1 Å². The minimum Gasteiger partial charge on any atom is -0.465 e. The molecule has 1 heterocycles. The summed E-state index contributed by atoms with van der Waals surface area (Å²) in [5.41, 5.74) is 3.41. The number of esters is 1. The van der Waals surface area contributed by atoms with Crippen LogP contribution in [0.1, 0.15) is 40.0 Å². The number of hydrogen-bond donors (Lipinski definition) is 1. The Balaban J connectivity index is 1.77. The number of methoxy groups -OCH3 is 1. The normalized spacial score (nSPS) is 16.5. The molecule has 1 unspecified atom stereocenters. The van der Waals surface area contributed by atoms with Crippen molar-refractivity contribution >= 4 is 12.1 Å². The second kappa shape index (κ2) is 9.37. The van der Waals surface area contributed by atoms with E-state index >= 15 is 0 Å². The zero-order valence-electron chi connectivity index (χ0n) is 16.3. The summed E-state index contributed by atoms with van der Waals surface area (Å²) in [4.78, 5) is 26.4. The Morgan fingerprint density at radius 3 is 2.68 bits per heavy atom. The fourth-order valence-electron chi connectivity index (χ4n) is 3.45. The van der Waals surface area contributed by atoms with E-state index in [0.29, 0.717) is 25.1 Å². The highest BCUT2D eigenvalue weighted by atomic mass is 16.6. The van der Waals surface area contributed by atoms with Gasteiger partial charge in [0.15, 0.2) is 0 Å². The van der Waals surface area contributed by atoms with Crippen molar-refractivity contribution < 1.29 is 19.1 Å². The van der Waals surface area contributed by atoms with Crippen LogP contribution in [-0.4, -0.2) is 43.7 Å². The number of benzene rings is 2. The van der Waals surface area contributed by atoms with Crippen molar-refractivity contribution in [2.24, 2.45) is 0 Å². The molecule has 3 rings (SSSR count). The molecule has 0 radical (unpaired) electrons. The lowest BCUT2D eigenvalue weighted by Crippen LogP contribution is -2.48. The Labute approximate surface area is 165 Å². The average molecular weight is 382 g/mol. The molecule has 6 heteroatoms. The maximum Gasteiger partial charge on any atom is 0.410 e. The summed E-state index contributed by atoms with van der Waals surface area (Å²) in [7, 11) is 1.38. The molecule has 2 aromatic rings. The van der Waals surface area contributed by atoms with Crippen LogP contribution in [0.25, 0.3) is 0 Å². The Morgan fingerprint density at radius 1 is 1.18 bits per heavy atom. The van der Waals surface area contributed by atoms with Crippen molar-refractivity contribution in [3.05, 3.63) is 70.8 Å². The van der Waals surface area contributed by atoms with Crippen LogP contribution in [0.4, 0.5) is 4.79 Å². The number of ether oxygens (including phenoxy) is 2. The molecular weight excluding hydrogens is 356 g/mol. The maximum absolute atomic E-state index is 12.7. The molecule has 1 amide bonds. The van der Waals surface area contributed by atoms with Gasteiger partial charge in [-0.15, -0.1) is 0 Å². The van der Waals surface area contributed by atoms with Gasteiger partial charge in [-0.2, -0.15) is 0 Å². The van der Waals surface area contributed by atoms with Crippen molar-refractivity contribution in [2.45, 2.75) is 26.0 Å². The SMILES string of the molecule is CCc1cc(C2CNCCN2C(=O)OCc2ccccc2)ccc1C(=O)OC. The first-order valence-corrected chi connectivity index (χ1v) is 9.53. The van der Waals surface area contributed by atoms with Gasteiger partial charge in [-0.3, -0.25) is 4.90 Å². The van der Waals surface area contributed by atoms with Crippen molar-refractivity contribution in [3.8, 4) is 0 Å². The topological polar surface area (TPSA) is 67.9 Å². The van der Waals surface area contributed by atoms with Crippen LogP contribution in [0.5, 0.6) is 0 Å². The van der Waals surface area contributed by atoms with Crippen molar-refractivity contribution in [1.82, 2.24) is 10.2 Å². The highest BCUT2D eigenvalue weighted by Gasteiger charge is 2.29. The van der Waals surface area contributed by atoms with E-state index in [-0.39, 0.29) is 24.7 Å². The van der Waals surface area contributed by atoms with E-state index in [1.807, 2.05) is 49.4 Å². The van der Waals surface area contributed by atoms with Gasteiger partial charge in [0.25, 0.3) is 0 Å². The number of piperazine rings is 1. The Bertz CT molecular complexity index is 823. The number of rotatable bonds is 5.